The molecule has 3 rings (SSSR count). The lowest BCUT2D eigenvalue weighted by atomic mass is 9.93. The number of fused-ring (bicyclic) bond motifs is 1. The lowest BCUT2D eigenvalue weighted by molar-refractivity contribution is -0.124. The van der Waals surface area contributed by atoms with E-state index in [0.29, 0.717) is 18.9 Å². The molecule has 2 N–H and O–H groups in total. The fourth-order valence-corrected chi connectivity index (χ4v) is 3.72. The first-order valence-electron chi connectivity index (χ1n) is 7.59. The molecule has 0 bridgehead atoms. The van der Waals surface area contributed by atoms with Crippen molar-refractivity contribution in [2.75, 3.05) is 0 Å². The number of hydrogen-bond acceptors (Lipinski definition) is 4. The first-order valence-corrected chi connectivity index (χ1v) is 8.47. The van der Waals surface area contributed by atoms with Crippen LogP contribution in [0.2, 0.25) is 0 Å². The Kier molecular flexibility index (Phi) is 4.27. The molecule has 22 heavy (non-hydrogen) atoms. The van der Waals surface area contributed by atoms with Gasteiger partial charge in [0.15, 0.2) is 0 Å². The third kappa shape index (κ3) is 3.05. The normalized spacial score (nSPS) is 18.4. The standard InChI is InChI=1S/C17H21N3OS/c1-11(2)17-19-14(10-22-17)9-20-8-13-6-4-3-5-12(13)7-15(20)16(18)21/h3-6,10-11,15H,7-9H2,1-2H3,(H2,18,21)/t15-/m0/s1. The highest BCUT2D eigenvalue weighted by Gasteiger charge is 2.30. The van der Waals surface area contributed by atoms with Gasteiger partial charge in [0.1, 0.15) is 0 Å². The molecule has 1 aromatic carbocycles. The van der Waals surface area contributed by atoms with Crippen molar-refractivity contribution in [2.45, 2.75) is 45.3 Å². The van der Waals surface area contributed by atoms with Crippen molar-refractivity contribution in [3.8, 4) is 0 Å². The average Bonchev–Trinajstić information content (AvgIpc) is 2.95. The van der Waals surface area contributed by atoms with Gasteiger partial charge >= 0.3 is 0 Å². The highest BCUT2D eigenvalue weighted by molar-refractivity contribution is 7.09. The summed E-state index contributed by atoms with van der Waals surface area (Å²) in [4.78, 5) is 18.7. The predicted molar refractivity (Wildman–Crippen MR) is 88.6 cm³/mol. The Balaban J connectivity index is 1.82. The van der Waals surface area contributed by atoms with Crippen molar-refractivity contribution >= 4 is 17.2 Å². The molecule has 1 aromatic heterocycles. The van der Waals surface area contributed by atoms with Crippen molar-refractivity contribution in [3.63, 3.8) is 0 Å². The molecule has 1 amide bonds. The number of aromatic nitrogens is 1. The van der Waals surface area contributed by atoms with Crippen molar-refractivity contribution in [1.29, 1.82) is 0 Å². The molecule has 1 aliphatic heterocycles. The van der Waals surface area contributed by atoms with Gasteiger partial charge in [0, 0.05) is 24.4 Å². The summed E-state index contributed by atoms with van der Waals surface area (Å²) in [5, 5.41) is 3.23. The number of hydrogen-bond donors (Lipinski definition) is 1. The second-order valence-electron chi connectivity index (χ2n) is 6.13. The maximum Gasteiger partial charge on any atom is 0.235 e. The van der Waals surface area contributed by atoms with Gasteiger partial charge in [0.25, 0.3) is 0 Å². The van der Waals surface area contributed by atoms with Gasteiger partial charge in [0.05, 0.1) is 16.7 Å². The van der Waals surface area contributed by atoms with Crippen LogP contribution in [-0.4, -0.2) is 21.8 Å². The van der Waals surface area contributed by atoms with Gasteiger partial charge in [-0.1, -0.05) is 38.1 Å². The molecule has 0 saturated carbocycles. The number of rotatable bonds is 4. The van der Waals surface area contributed by atoms with Crippen molar-refractivity contribution in [2.24, 2.45) is 5.73 Å². The minimum atomic E-state index is -0.256. The van der Waals surface area contributed by atoms with Gasteiger partial charge in [-0.15, -0.1) is 11.3 Å². The van der Waals surface area contributed by atoms with Gasteiger partial charge in [0.2, 0.25) is 5.91 Å². The SMILES string of the molecule is CC(C)c1nc(CN2Cc3ccccc3C[C@H]2C(N)=O)cs1. The molecule has 0 aliphatic carbocycles. The summed E-state index contributed by atoms with van der Waals surface area (Å²) in [5.74, 6) is 0.182. The van der Waals surface area contributed by atoms with Crippen LogP contribution in [-0.2, 0) is 24.3 Å². The van der Waals surface area contributed by atoms with Gasteiger partial charge in [-0.05, 0) is 17.5 Å². The third-order valence-corrected chi connectivity index (χ3v) is 5.30. The van der Waals surface area contributed by atoms with Crippen LogP contribution in [0.5, 0.6) is 0 Å². The number of nitrogens with two attached hydrogens (primary N) is 1. The Labute approximate surface area is 135 Å². The second-order valence-corrected chi connectivity index (χ2v) is 7.02. The zero-order chi connectivity index (χ0) is 15.7. The van der Waals surface area contributed by atoms with E-state index in [9.17, 15) is 4.79 Å². The van der Waals surface area contributed by atoms with E-state index < -0.39 is 0 Å². The Morgan fingerprint density at radius 2 is 2.14 bits per heavy atom. The lowest BCUT2D eigenvalue weighted by Gasteiger charge is -2.34. The summed E-state index contributed by atoms with van der Waals surface area (Å²) < 4.78 is 0. The fraction of sp³-hybridized carbons (Fsp3) is 0.412. The molecule has 0 radical (unpaired) electrons. The largest absolute Gasteiger partial charge is 0.368 e. The van der Waals surface area contributed by atoms with Crippen LogP contribution in [0.15, 0.2) is 29.6 Å². The maximum absolute atomic E-state index is 11.8. The number of carbonyl (C=O) groups is 1. The van der Waals surface area contributed by atoms with Crippen LogP contribution in [0.4, 0.5) is 0 Å². The molecule has 1 atom stereocenters. The minimum absolute atomic E-state index is 0.251. The van der Waals surface area contributed by atoms with Gasteiger partial charge in [-0.2, -0.15) is 0 Å². The van der Waals surface area contributed by atoms with Gasteiger partial charge < -0.3 is 5.73 Å². The van der Waals surface area contributed by atoms with Crippen LogP contribution in [0, 0.1) is 0 Å². The number of amides is 1. The van der Waals surface area contributed by atoms with E-state index >= 15 is 0 Å². The van der Waals surface area contributed by atoms with Gasteiger partial charge in [-0.25, -0.2) is 4.98 Å². The molecular weight excluding hydrogens is 294 g/mol. The van der Waals surface area contributed by atoms with E-state index in [-0.39, 0.29) is 11.9 Å². The molecular formula is C17H21N3OS. The third-order valence-electron chi connectivity index (χ3n) is 4.10. The summed E-state index contributed by atoms with van der Waals surface area (Å²) in [5.41, 5.74) is 9.15. The Morgan fingerprint density at radius 1 is 1.41 bits per heavy atom. The van der Waals surface area contributed by atoms with E-state index in [2.05, 4.69) is 41.2 Å². The molecule has 0 unspecified atom stereocenters. The number of primary amides is 1. The molecule has 1 aliphatic rings. The highest BCUT2D eigenvalue weighted by atomic mass is 32.1. The van der Waals surface area contributed by atoms with E-state index in [1.54, 1.807) is 11.3 Å². The number of benzene rings is 1. The molecule has 2 aromatic rings. The van der Waals surface area contributed by atoms with Crippen LogP contribution < -0.4 is 5.73 Å². The van der Waals surface area contributed by atoms with E-state index in [1.165, 1.54) is 11.1 Å². The molecule has 4 nitrogen and oxygen atoms in total. The number of nitrogens with zero attached hydrogens (tertiary/aromatic N) is 2. The Bertz CT molecular complexity index is 680. The molecule has 2 heterocycles. The summed E-state index contributed by atoms with van der Waals surface area (Å²) in [6.07, 6.45) is 0.687. The zero-order valence-electron chi connectivity index (χ0n) is 13.0. The molecule has 0 saturated heterocycles. The molecule has 0 spiro atoms. The summed E-state index contributed by atoms with van der Waals surface area (Å²) in [6, 6.07) is 8.02. The fourth-order valence-electron chi connectivity index (χ4n) is 2.89. The van der Waals surface area contributed by atoms with Crippen molar-refractivity contribution < 1.29 is 4.79 Å². The van der Waals surface area contributed by atoms with Gasteiger partial charge in [-0.3, -0.25) is 9.69 Å². The highest BCUT2D eigenvalue weighted by Crippen LogP contribution is 2.26. The van der Waals surface area contributed by atoms with E-state index in [0.717, 1.165) is 17.2 Å². The van der Waals surface area contributed by atoms with Crippen LogP contribution in [0.25, 0.3) is 0 Å². The van der Waals surface area contributed by atoms with E-state index in [4.69, 9.17) is 5.73 Å². The summed E-state index contributed by atoms with van der Waals surface area (Å²) >= 11 is 1.69. The van der Waals surface area contributed by atoms with Crippen molar-refractivity contribution in [3.05, 3.63) is 51.5 Å². The first kappa shape index (κ1) is 15.2. The van der Waals surface area contributed by atoms with Crippen molar-refractivity contribution in [1.82, 2.24) is 9.88 Å². The van der Waals surface area contributed by atoms with Crippen LogP contribution in [0.1, 0.15) is 41.6 Å². The molecule has 5 heteroatoms. The maximum atomic E-state index is 11.8. The quantitative estimate of drug-likeness (QED) is 0.943. The minimum Gasteiger partial charge on any atom is -0.368 e. The molecule has 0 fully saturated rings. The number of thiazole rings is 1. The smallest absolute Gasteiger partial charge is 0.235 e. The topological polar surface area (TPSA) is 59.2 Å². The lowest BCUT2D eigenvalue weighted by Crippen LogP contribution is -2.48. The average molecular weight is 315 g/mol. The zero-order valence-corrected chi connectivity index (χ0v) is 13.8. The first-order chi connectivity index (χ1) is 10.5. The Hall–Kier alpha value is -1.72. The molecule has 116 valence electrons. The monoisotopic (exact) mass is 315 g/mol. The summed E-state index contributed by atoms with van der Waals surface area (Å²) in [7, 11) is 0. The number of carbonyl (C=O) groups excluding carboxylic acids is 1. The Morgan fingerprint density at radius 3 is 2.77 bits per heavy atom. The van der Waals surface area contributed by atoms with Crippen LogP contribution >= 0.6 is 11.3 Å². The predicted octanol–water partition coefficient (Wildman–Crippen LogP) is 2.68. The summed E-state index contributed by atoms with van der Waals surface area (Å²) in [6.45, 7) is 5.71. The van der Waals surface area contributed by atoms with E-state index in [1.807, 2.05) is 12.1 Å². The second kappa shape index (κ2) is 6.18. The van der Waals surface area contributed by atoms with Crippen LogP contribution in [0.3, 0.4) is 0 Å².